The molecule has 3 aromatic carbocycles. The van der Waals surface area contributed by atoms with Crippen LogP contribution in [0, 0.1) is 11.3 Å². The molecule has 174 valence electrons. The summed E-state index contributed by atoms with van der Waals surface area (Å²) in [7, 11) is 0. The van der Waals surface area contributed by atoms with Crippen LogP contribution >= 0.6 is 15.9 Å². The number of amides is 1. The van der Waals surface area contributed by atoms with Crippen molar-refractivity contribution in [2.75, 3.05) is 4.90 Å². The Morgan fingerprint density at radius 1 is 1.06 bits per heavy atom. The summed E-state index contributed by atoms with van der Waals surface area (Å²) in [5, 5.41) is 12.5. The van der Waals surface area contributed by atoms with Crippen LogP contribution in [0.4, 0.5) is 5.69 Å². The number of imidazole rings is 1. The number of fused-ring (bicyclic) bond motifs is 1. The van der Waals surface area contributed by atoms with Gasteiger partial charge in [-0.05, 0) is 53.4 Å². The lowest BCUT2D eigenvalue weighted by Gasteiger charge is -2.25. The first-order valence-corrected chi connectivity index (χ1v) is 12.2. The van der Waals surface area contributed by atoms with Crippen LogP contribution in [0.1, 0.15) is 27.9 Å². The van der Waals surface area contributed by atoms with Crippen molar-refractivity contribution in [3.63, 3.8) is 0 Å². The molecule has 1 aliphatic heterocycles. The van der Waals surface area contributed by atoms with Gasteiger partial charge in [0.1, 0.15) is 0 Å². The molecule has 35 heavy (non-hydrogen) atoms. The molecule has 0 saturated carbocycles. The van der Waals surface area contributed by atoms with Crippen LogP contribution in [0.5, 0.6) is 0 Å². The molecule has 0 bridgehead atoms. The van der Waals surface area contributed by atoms with Gasteiger partial charge in [0.05, 0.1) is 36.2 Å². The fraction of sp³-hybridized carbons (Fsp3) is 0.179. The zero-order valence-corrected chi connectivity index (χ0v) is 20.6. The monoisotopic (exact) mass is 525 g/mol. The molecule has 2 heterocycles. The quantitative estimate of drug-likeness (QED) is 0.391. The number of aromatic nitrogens is 2. The second kappa shape index (κ2) is 10.3. The maximum atomic E-state index is 13.7. The molecular formula is C28H24BrN5O. The van der Waals surface area contributed by atoms with E-state index in [4.69, 9.17) is 5.26 Å². The second-order valence-electron chi connectivity index (χ2n) is 8.63. The van der Waals surface area contributed by atoms with Crippen LogP contribution in [0.15, 0.2) is 89.8 Å². The Bertz CT molecular complexity index is 1390. The molecule has 4 aromatic rings. The number of hydrogen-bond acceptors (Lipinski definition) is 4. The van der Waals surface area contributed by atoms with Crippen LogP contribution < -0.4 is 10.2 Å². The van der Waals surface area contributed by atoms with E-state index in [1.807, 2.05) is 71.8 Å². The zero-order chi connectivity index (χ0) is 24.2. The Kier molecular flexibility index (Phi) is 6.75. The number of halogens is 1. The van der Waals surface area contributed by atoms with Gasteiger partial charge in [-0.1, -0.05) is 58.4 Å². The number of anilines is 1. The van der Waals surface area contributed by atoms with Crippen molar-refractivity contribution in [3.8, 4) is 6.07 Å². The smallest absolute Gasteiger partial charge is 0.244 e. The topological polar surface area (TPSA) is 74.0 Å². The van der Waals surface area contributed by atoms with E-state index in [1.165, 1.54) is 5.56 Å². The summed E-state index contributed by atoms with van der Waals surface area (Å²) in [4.78, 5) is 19.9. The fourth-order valence-corrected chi connectivity index (χ4v) is 4.81. The number of carbonyl (C=O) groups excluding carboxylic acids is 1. The molecule has 0 radical (unpaired) electrons. The predicted octanol–water partition coefficient (Wildman–Crippen LogP) is 4.81. The van der Waals surface area contributed by atoms with Gasteiger partial charge in [-0.2, -0.15) is 5.26 Å². The van der Waals surface area contributed by atoms with E-state index in [2.05, 4.69) is 49.0 Å². The Labute approximate surface area is 213 Å². The highest BCUT2D eigenvalue weighted by molar-refractivity contribution is 9.10. The molecule has 7 heteroatoms. The predicted molar refractivity (Wildman–Crippen MR) is 139 cm³/mol. The molecule has 1 unspecified atom stereocenters. The standard InChI is InChI=1S/C28H24BrN5O/c29-24-6-3-7-25(13-24)34-18-23-5-2-1-4-22(23)12-27(28(34)35)32-16-26-15-31-19-33(26)17-21-10-8-20(14-30)9-11-21/h1-11,13,15,19,27,32H,12,16-18H2. The maximum Gasteiger partial charge on any atom is 0.244 e. The summed E-state index contributed by atoms with van der Waals surface area (Å²) < 4.78 is 3.01. The summed E-state index contributed by atoms with van der Waals surface area (Å²) in [6, 6.07) is 25.5. The SMILES string of the molecule is N#Cc1ccc(Cn2cncc2CNC2Cc3ccccc3CN(c3cccc(Br)c3)C2=O)cc1. The number of rotatable bonds is 6. The van der Waals surface area contributed by atoms with Gasteiger partial charge in [-0.15, -0.1) is 0 Å². The third-order valence-electron chi connectivity index (χ3n) is 6.32. The summed E-state index contributed by atoms with van der Waals surface area (Å²) in [5.41, 5.74) is 5.94. The summed E-state index contributed by atoms with van der Waals surface area (Å²) in [5.74, 6) is 0.0532. The first-order chi connectivity index (χ1) is 17.1. The lowest BCUT2D eigenvalue weighted by molar-refractivity contribution is -0.120. The van der Waals surface area contributed by atoms with Crippen molar-refractivity contribution in [1.82, 2.24) is 14.9 Å². The van der Waals surface area contributed by atoms with E-state index in [-0.39, 0.29) is 11.9 Å². The molecule has 0 spiro atoms. The molecule has 1 N–H and O–H groups in total. The molecular weight excluding hydrogens is 502 g/mol. The number of benzene rings is 3. The number of carbonyl (C=O) groups is 1. The van der Waals surface area contributed by atoms with Gasteiger partial charge in [0.15, 0.2) is 0 Å². The normalized spacial score (nSPS) is 15.4. The molecule has 6 nitrogen and oxygen atoms in total. The molecule has 1 aliphatic rings. The average Bonchev–Trinajstić information content (AvgIpc) is 3.26. The van der Waals surface area contributed by atoms with E-state index < -0.39 is 0 Å². The van der Waals surface area contributed by atoms with Crippen LogP contribution in [0.25, 0.3) is 0 Å². The van der Waals surface area contributed by atoms with Crippen LogP contribution in [0.3, 0.4) is 0 Å². The number of nitrogens with one attached hydrogen (secondary N) is 1. The van der Waals surface area contributed by atoms with E-state index in [9.17, 15) is 4.79 Å². The number of hydrogen-bond donors (Lipinski definition) is 1. The summed E-state index contributed by atoms with van der Waals surface area (Å²) in [6.07, 6.45) is 4.26. The van der Waals surface area contributed by atoms with Crippen LogP contribution in [-0.2, 0) is 30.8 Å². The first-order valence-electron chi connectivity index (χ1n) is 11.5. The minimum atomic E-state index is -0.365. The zero-order valence-electron chi connectivity index (χ0n) is 19.1. The highest BCUT2D eigenvalue weighted by Gasteiger charge is 2.30. The van der Waals surface area contributed by atoms with Gasteiger partial charge in [0.25, 0.3) is 0 Å². The third-order valence-corrected chi connectivity index (χ3v) is 6.81. The Morgan fingerprint density at radius 3 is 2.63 bits per heavy atom. The summed E-state index contributed by atoms with van der Waals surface area (Å²) >= 11 is 3.54. The third kappa shape index (κ3) is 5.19. The van der Waals surface area contributed by atoms with E-state index in [1.54, 1.807) is 6.33 Å². The van der Waals surface area contributed by atoms with Gasteiger partial charge >= 0.3 is 0 Å². The van der Waals surface area contributed by atoms with E-state index >= 15 is 0 Å². The van der Waals surface area contributed by atoms with Crippen molar-refractivity contribution >= 4 is 27.5 Å². The average molecular weight is 526 g/mol. The lowest BCUT2D eigenvalue weighted by atomic mass is 10.0. The molecule has 1 atom stereocenters. The van der Waals surface area contributed by atoms with Crippen LogP contribution in [-0.4, -0.2) is 21.5 Å². The van der Waals surface area contributed by atoms with Gasteiger partial charge < -0.3 is 9.47 Å². The van der Waals surface area contributed by atoms with Crippen molar-refractivity contribution in [1.29, 1.82) is 5.26 Å². The van der Waals surface area contributed by atoms with E-state index in [0.29, 0.717) is 31.6 Å². The van der Waals surface area contributed by atoms with Crippen molar-refractivity contribution < 1.29 is 4.79 Å². The Morgan fingerprint density at radius 2 is 1.86 bits per heavy atom. The second-order valence-corrected chi connectivity index (χ2v) is 9.55. The maximum absolute atomic E-state index is 13.7. The van der Waals surface area contributed by atoms with Gasteiger partial charge in [0.2, 0.25) is 5.91 Å². The largest absolute Gasteiger partial charge is 0.329 e. The molecule has 0 fully saturated rings. The van der Waals surface area contributed by atoms with Gasteiger partial charge in [-0.3, -0.25) is 10.1 Å². The van der Waals surface area contributed by atoms with Crippen molar-refractivity contribution in [3.05, 3.63) is 118 Å². The molecule has 5 rings (SSSR count). The minimum Gasteiger partial charge on any atom is -0.329 e. The Hall–Kier alpha value is -3.73. The van der Waals surface area contributed by atoms with Crippen LogP contribution in [0.2, 0.25) is 0 Å². The summed E-state index contributed by atoms with van der Waals surface area (Å²) in [6.45, 7) is 1.70. The molecule has 0 saturated heterocycles. The molecule has 1 amide bonds. The Balaban J connectivity index is 1.36. The van der Waals surface area contributed by atoms with Crippen molar-refractivity contribution in [2.45, 2.75) is 32.1 Å². The highest BCUT2D eigenvalue weighted by atomic mass is 79.9. The van der Waals surface area contributed by atoms with Crippen molar-refractivity contribution in [2.24, 2.45) is 0 Å². The van der Waals surface area contributed by atoms with Gasteiger partial charge in [-0.25, -0.2) is 4.98 Å². The fourth-order valence-electron chi connectivity index (χ4n) is 4.42. The van der Waals surface area contributed by atoms with E-state index in [0.717, 1.165) is 27.0 Å². The molecule has 1 aromatic heterocycles. The number of nitriles is 1. The van der Waals surface area contributed by atoms with Gasteiger partial charge in [0, 0.05) is 29.4 Å². The number of nitrogens with zero attached hydrogens (tertiary/aromatic N) is 4. The first kappa shape index (κ1) is 23.0. The minimum absolute atomic E-state index is 0.0532. The molecule has 0 aliphatic carbocycles. The lowest BCUT2D eigenvalue weighted by Crippen LogP contribution is -2.46. The highest BCUT2D eigenvalue weighted by Crippen LogP contribution is 2.27.